The lowest BCUT2D eigenvalue weighted by atomic mass is 10.2. The number of amides is 1. The Morgan fingerprint density at radius 2 is 2.21 bits per heavy atom. The summed E-state index contributed by atoms with van der Waals surface area (Å²) in [6, 6.07) is 9.13. The minimum absolute atomic E-state index is 0.0168. The monoisotopic (exact) mass is 261 g/mol. The number of hydrogen-bond acceptors (Lipinski definition) is 4. The van der Waals surface area contributed by atoms with Gasteiger partial charge in [-0.2, -0.15) is 5.26 Å². The number of carbonyl (C=O) groups is 1. The molecule has 1 unspecified atom stereocenters. The van der Waals surface area contributed by atoms with Gasteiger partial charge in [0.25, 0.3) is 0 Å². The molecule has 1 rings (SSSR count). The zero-order valence-corrected chi connectivity index (χ0v) is 11.3. The van der Waals surface area contributed by atoms with Crippen LogP contribution < -0.4 is 15.4 Å². The molecule has 0 radical (unpaired) electrons. The topological polar surface area (TPSA) is 74.2 Å². The number of hydrogen-bond donors (Lipinski definition) is 2. The average Bonchev–Trinajstić information content (AvgIpc) is 2.43. The van der Waals surface area contributed by atoms with Crippen LogP contribution in [0.25, 0.3) is 0 Å². The van der Waals surface area contributed by atoms with Gasteiger partial charge in [-0.05, 0) is 19.9 Å². The van der Waals surface area contributed by atoms with Crippen molar-refractivity contribution in [3.05, 3.63) is 29.8 Å². The molecule has 5 nitrogen and oxygen atoms in total. The molecule has 1 aromatic rings. The number of para-hydroxylation sites is 1. The van der Waals surface area contributed by atoms with E-state index in [2.05, 4.69) is 10.6 Å². The third-order valence-corrected chi connectivity index (χ3v) is 2.61. The fraction of sp³-hybridized carbons (Fsp3) is 0.429. The van der Waals surface area contributed by atoms with Crippen molar-refractivity contribution in [1.82, 2.24) is 10.6 Å². The lowest BCUT2D eigenvalue weighted by molar-refractivity contribution is -0.122. The maximum atomic E-state index is 11.6. The summed E-state index contributed by atoms with van der Waals surface area (Å²) in [5, 5.41) is 14.4. The van der Waals surface area contributed by atoms with Crippen LogP contribution in [0, 0.1) is 11.3 Å². The second kappa shape index (κ2) is 8.11. The maximum absolute atomic E-state index is 11.6. The number of rotatable bonds is 7. The highest BCUT2D eigenvalue weighted by Gasteiger charge is 2.11. The first-order chi connectivity index (χ1) is 9.19. The largest absolute Gasteiger partial charge is 0.478 e. The van der Waals surface area contributed by atoms with Crippen LogP contribution in [0.3, 0.4) is 0 Å². The Kier molecular flexibility index (Phi) is 6.41. The van der Waals surface area contributed by atoms with Crippen LogP contribution in [0.2, 0.25) is 0 Å². The van der Waals surface area contributed by atoms with Gasteiger partial charge in [-0.1, -0.05) is 18.2 Å². The van der Waals surface area contributed by atoms with E-state index in [0.29, 0.717) is 18.8 Å². The molecule has 102 valence electrons. The summed E-state index contributed by atoms with van der Waals surface area (Å²) in [5.41, 5.74) is 0.925. The molecule has 0 aliphatic heterocycles. The Hall–Kier alpha value is -2.06. The van der Waals surface area contributed by atoms with E-state index in [-0.39, 0.29) is 18.6 Å². The number of benzene rings is 1. The van der Waals surface area contributed by atoms with Gasteiger partial charge in [0.15, 0.2) is 6.61 Å². The van der Waals surface area contributed by atoms with Crippen molar-refractivity contribution < 1.29 is 9.53 Å². The van der Waals surface area contributed by atoms with E-state index in [4.69, 9.17) is 10.00 Å². The molecular formula is C14H19N3O2. The Balaban J connectivity index is 2.57. The predicted molar refractivity (Wildman–Crippen MR) is 72.5 cm³/mol. The van der Waals surface area contributed by atoms with E-state index in [1.807, 2.05) is 44.2 Å². The summed E-state index contributed by atoms with van der Waals surface area (Å²) in [7, 11) is 0. The number of ether oxygens (including phenoxy) is 1. The third kappa shape index (κ3) is 4.98. The quantitative estimate of drug-likeness (QED) is 0.773. The number of carbonyl (C=O) groups excluding carboxylic acids is 1. The maximum Gasteiger partial charge on any atom is 0.236 e. The van der Waals surface area contributed by atoms with Gasteiger partial charge in [0.1, 0.15) is 11.8 Å². The van der Waals surface area contributed by atoms with Gasteiger partial charge in [-0.3, -0.25) is 4.79 Å². The van der Waals surface area contributed by atoms with E-state index in [9.17, 15) is 4.79 Å². The molecule has 1 aromatic carbocycles. The highest BCUT2D eigenvalue weighted by molar-refractivity contribution is 5.81. The van der Waals surface area contributed by atoms with Crippen molar-refractivity contribution in [2.75, 3.05) is 13.2 Å². The molecule has 0 aliphatic rings. The van der Waals surface area contributed by atoms with Crippen LogP contribution >= 0.6 is 0 Å². The zero-order chi connectivity index (χ0) is 14.1. The highest BCUT2D eigenvalue weighted by atomic mass is 16.5. The Bertz CT molecular complexity index is 454. The first kappa shape index (κ1) is 15.0. The summed E-state index contributed by atoms with van der Waals surface area (Å²) in [6.45, 7) is 4.84. The second-order valence-electron chi connectivity index (χ2n) is 4.05. The van der Waals surface area contributed by atoms with Gasteiger partial charge in [0.05, 0.1) is 6.04 Å². The third-order valence-electron chi connectivity index (χ3n) is 2.61. The van der Waals surface area contributed by atoms with Crippen molar-refractivity contribution >= 4 is 5.91 Å². The molecule has 0 bridgehead atoms. The van der Waals surface area contributed by atoms with Crippen molar-refractivity contribution in [1.29, 1.82) is 5.26 Å². The summed E-state index contributed by atoms with van der Waals surface area (Å²) in [5.74, 6) is 0.637. The lowest BCUT2D eigenvalue weighted by Crippen LogP contribution is -2.41. The van der Waals surface area contributed by atoms with Crippen LogP contribution in [0.4, 0.5) is 0 Å². The summed E-state index contributed by atoms with van der Waals surface area (Å²) in [6.07, 6.45) is 0. The number of nitriles is 1. The second-order valence-corrected chi connectivity index (χ2v) is 4.05. The minimum Gasteiger partial charge on any atom is -0.478 e. The molecule has 1 amide bonds. The lowest BCUT2D eigenvalue weighted by Gasteiger charge is -2.15. The first-order valence-electron chi connectivity index (χ1n) is 6.27. The Labute approximate surface area is 113 Å². The van der Waals surface area contributed by atoms with E-state index in [0.717, 1.165) is 5.56 Å². The van der Waals surface area contributed by atoms with E-state index in [1.165, 1.54) is 0 Å². The molecule has 19 heavy (non-hydrogen) atoms. The molecular weight excluding hydrogens is 242 g/mol. The van der Waals surface area contributed by atoms with Crippen LogP contribution in [-0.4, -0.2) is 25.1 Å². The molecule has 0 spiro atoms. The summed E-state index contributed by atoms with van der Waals surface area (Å²) < 4.78 is 5.32. The predicted octanol–water partition coefficient (Wildman–Crippen LogP) is 1.20. The van der Waals surface area contributed by atoms with E-state index < -0.39 is 0 Å². The van der Waals surface area contributed by atoms with E-state index in [1.54, 1.807) is 0 Å². The summed E-state index contributed by atoms with van der Waals surface area (Å²) >= 11 is 0. The minimum atomic E-state index is -0.274. The van der Waals surface area contributed by atoms with Crippen LogP contribution in [0.15, 0.2) is 24.3 Å². The fourth-order valence-electron chi connectivity index (χ4n) is 1.58. The van der Waals surface area contributed by atoms with Crippen molar-refractivity contribution in [2.45, 2.75) is 26.4 Å². The van der Waals surface area contributed by atoms with Crippen molar-refractivity contribution in [3.8, 4) is 11.8 Å². The molecule has 0 saturated heterocycles. The molecule has 0 saturated carbocycles. The standard InChI is InChI=1S/C14H19N3O2/c1-3-16-14(18)11(2)17-10-12-6-4-5-7-13(12)19-9-8-15/h4-7,11,17H,3,9-10H2,1-2H3,(H,16,18). The van der Waals surface area contributed by atoms with Gasteiger partial charge < -0.3 is 15.4 Å². The SMILES string of the molecule is CCNC(=O)C(C)NCc1ccccc1OCC#N. The van der Waals surface area contributed by atoms with E-state index >= 15 is 0 Å². The van der Waals surface area contributed by atoms with Gasteiger partial charge >= 0.3 is 0 Å². The molecule has 0 aliphatic carbocycles. The van der Waals surface area contributed by atoms with Crippen LogP contribution in [-0.2, 0) is 11.3 Å². The Morgan fingerprint density at radius 1 is 1.47 bits per heavy atom. The molecule has 5 heteroatoms. The van der Waals surface area contributed by atoms with Crippen LogP contribution in [0.1, 0.15) is 19.4 Å². The van der Waals surface area contributed by atoms with Gasteiger partial charge in [-0.15, -0.1) is 0 Å². The number of nitrogens with one attached hydrogen (secondary N) is 2. The Morgan fingerprint density at radius 3 is 2.89 bits per heavy atom. The average molecular weight is 261 g/mol. The highest BCUT2D eigenvalue weighted by Crippen LogP contribution is 2.17. The van der Waals surface area contributed by atoms with Gasteiger partial charge in [0.2, 0.25) is 5.91 Å². The molecule has 0 fully saturated rings. The first-order valence-corrected chi connectivity index (χ1v) is 6.27. The fourth-order valence-corrected chi connectivity index (χ4v) is 1.58. The normalized spacial score (nSPS) is 11.4. The molecule has 2 N–H and O–H groups in total. The van der Waals surface area contributed by atoms with Crippen molar-refractivity contribution in [2.24, 2.45) is 0 Å². The molecule has 0 heterocycles. The van der Waals surface area contributed by atoms with Gasteiger partial charge in [0, 0.05) is 18.7 Å². The van der Waals surface area contributed by atoms with Crippen LogP contribution in [0.5, 0.6) is 5.75 Å². The van der Waals surface area contributed by atoms with Crippen molar-refractivity contribution in [3.63, 3.8) is 0 Å². The smallest absolute Gasteiger partial charge is 0.236 e. The molecule has 1 atom stereocenters. The number of nitrogens with zero attached hydrogens (tertiary/aromatic N) is 1. The zero-order valence-electron chi connectivity index (χ0n) is 11.3. The summed E-state index contributed by atoms with van der Waals surface area (Å²) in [4.78, 5) is 11.6. The number of likely N-dealkylation sites (N-methyl/N-ethyl adjacent to an activating group) is 1. The molecule has 0 aromatic heterocycles. The van der Waals surface area contributed by atoms with Gasteiger partial charge in [-0.25, -0.2) is 0 Å².